The van der Waals surface area contributed by atoms with Crippen molar-refractivity contribution < 1.29 is 4.79 Å². The highest BCUT2D eigenvalue weighted by molar-refractivity contribution is 7.99. The van der Waals surface area contributed by atoms with Crippen molar-refractivity contribution in [2.24, 2.45) is 0 Å². The Hall–Kier alpha value is -2.65. The van der Waals surface area contributed by atoms with Crippen LogP contribution in [0.2, 0.25) is 0 Å². The van der Waals surface area contributed by atoms with Gasteiger partial charge in [0.15, 0.2) is 5.16 Å². The van der Waals surface area contributed by atoms with Crippen LogP contribution >= 0.6 is 23.1 Å². The minimum Gasteiger partial charge on any atom is -0.355 e. The van der Waals surface area contributed by atoms with E-state index in [-0.39, 0.29) is 17.2 Å². The highest BCUT2D eigenvalue weighted by atomic mass is 32.2. The fraction of sp³-hybridized carbons (Fsp3) is 0.333. The number of thiophene rings is 1. The molecule has 0 aliphatic heterocycles. The molecule has 0 unspecified atom stereocenters. The van der Waals surface area contributed by atoms with Gasteiger partial charge in [-0.25, -0.2) is 0 Å². The Bertz CT molecular complexity index is 1240. The first kappa shape index (κ1) is 20.6. The molecule has 3 aromatic heterocycles. The maximum atomic E-state index is 13.1. The summed E-state index contributed by atoms with van der Waals surface area (Å²) >= 11 is 2.73. The predicted octanol–water partition coefficient (Wildman–Crippen LogP) is 3.33. The summed E-state index contributed by atoms with van der Waals surface area (Å²) < 4.78 is 4.20. The van der Waals surface area contributed by atoms with Crippen LogP contribution in [0.25, 0.3) is 16.0 Å². The number of carbonyl (C=O) groups is 1. The summed E-state index contributed by atoms with van der Waals surface area (Å²) in [5.74, 6) is 0.704. The van der Waals surface area contributed by atoms with Gasteiger partial charge in [0.25, 0.3) is 5.56 Å². The van der Waals surface area contributed by atoms with Gasteiger partial charge in [0.2, 0.25) is 11.7 Å². The summed E-state index contributed by atoms with van der Waals surface area (Å²) in [7, 11) is 0. The Balaban J connectivity index is 1.73. The van der Waals surface area contributed by atoms with E-state index >= 15 is 0 Å². The third kappa shape index (κ3) is 3.99. The van der Waals surface area contributed by atoms with E-state index in [1.807, 2.05) is 34.9 Å². The van der Waals surface area contributed by atoms with E-state index in [0.29, 0.717) is 28.7 Å². The number of hydrogen-bond acceptors (Lipinski definition) is 6. The fourth-order valence-corrected chi connectivity index (χ4v) is 4.84. The van der Waals surface area contributed by atoms with Crippen LogP contribution in [0.15, 0.2) is 45.7 Å². The van der Waals surface area contributed by atoms with Gasteiger partial charge < -0.3 is 5.32 Å². The molecule has 1 N–H and O–H groups in total. The van der Waals surface area contributed by atoms with Crippen LogP contribution in [0, 0.1) is 0 Å². The van der Waals surface area contributed by atoms with E-state index in [0.717, 1.165) is 23.9 Å². The minimum absolute atomic E-state index is 0.0375. The van der Waals surface area contributed by atoms with E-state index in [1.54, 1.807) is 4.57 Å². The lowest BCUT2D eigenvalue weighted by molar-refractivity contribution is -0.118. The van der Waals surface area contributed by atoms with E-state index in [4.69, 9.17) is 0 Å². The monoisotopic (exact) mass is 441 g/mol. The van der Waals surface area contributed by atoms with Crippen LogP contribution in [0.3, 0.4) is 0 Å². The molecule has 156 valence electrons. The summed E-state index contributed by atoms with van der Waals surface area (Å²) in [5.41, 5.74) is 2.99. The molecule has 4 aromatic rings. The molecule has 0 spiro atoms. The highest BCUT2D eigenvalue weighted by Crippen LogP contribution is 2.24. The van der Waals surface area contributed by atoms with Crippen molar-refractivity contribution in [1.29, 1.82) is 0 Å². The van der Waals surface area contributed by atoms with Crippen LogP contribution in [-0.2, 0) is 17.8 Å². The molecule has 0 bridgehead atoms. The summed E-state index contributed by atoms with van der Waals surface area (Å²) in [4.78, 5) is 25.2. The van der Waals surface area contributed by atoms with Crippen molar-refractivity contribution in [3.63, 3.8) is 0 Å². The molecule has 7 nitrogen and oxygen atoms in total. The lowest BCUT2D eigenvalue weighted by Gasteiger charge is -2.10. The number of rotatable bonds is 8. The van der Waals surface area contributed by atoms with Crippen molar-refractivity contribution >= 4 is 45.0 Å². The summed E-state index contributed by atoms with van der Waals surface area (Å²) in [6.07, 6.45) is 1.87. The normalized spacial score (nSPS) is 11.4. The van der Waals surface area contributed by atoms with E-state index < -0.39 is 0 Å². The third-order valence-electron chi connectivity index (χ3n) is 4.86. The van der Waals surface area contributed by atoms with Crippen molar-refractivity contribution in [1.82, 2.24) is 24.5 Å². The molecular formula is C21H23N5O2S2. The number of amides is 1. The zero-order valence-corrected chi connectivity index (χ0v) is 18.6. The second kappa shape index (κ2) is 9.01. The molecule has 0 fully saturated rings. The maximum absolute atomic E-state index is 13.1. The van der Waals surface area contributed by atoms with Crippen molar-refractivity contribution in [3.8, 4) is 0 Å². The molecule has 0 saturated carbocycles. The molecule has 4 rings (SSSR count). The average Bonchev–Trinajstić information content (AvgIpc) is 3.41. The first-order chi connectivity index (χ1) is 14.6. The molecule has 0 aliphatic carbocycles. The quantitative estimate of drug-likeness (QED) is 0.424. The Morgan fingerprint density at radius 3 is 2.63 bits per heavy atom. The average molecular weight is 442 g/mol. The molecule has 1 aromatic carbocycles. The Morgan fingerprint density at radius 2 is 1.90 bits per heavy atom. The third-order valence-corrected chi connectivity index (χ3v) is 6.68. The topological polar surface area (TPSA) is 81.3 Å². The first-order valence-electron chi connectivity index (χ1n) is 9.94. The van der Waals surface area contributed by atoms with Gasteiger partial charge in [-0.2, -0.15) is 0 Å². The van der Waals surface area contributed by atoms with E-state index in [2.05, 4.69) is 34.6 Å². The molecule has 3 heterocycles. The van der Waals surface area contributed by atoms with Crippen molar-refractivity contribution in [2.75, 3.05) is 12.3 Å². The minimum atomic E-state index is -0.0725. The highest BCUT2D eigenvalue weighted by Gasteiger charge is 2.18. The van der Waals surface area contributed by atoms with Crippen LogP contribution in [0.1, 0.15) is 31.4 Å². The van der Waals surface area contributed by atoms with Gasteiger partial charge in [0.05, 0.1) is 17.8 Å². The Kier molecular flexibility index (Phi) is 6.19. The van der Waals surface area contributed by atoms with Gasteiger partial charge in [-0.05, 0) is 35.4 Å². The molecular weight excluding hydrogens is 418 g/mol. The maximum Gasteiger partial charge on any atom is 0.273 e. The second-order valence-corrected chi connectivity index (χ2v) is 8.81. The van der Waals surface area contributed by atoms with Gasteiger partial charge >= 0.3 is 0 Å². The van der Waals surface area contributed by atoms with Gasteiger partial charge in [0, 0.05) is 6.54 Å². The van der Waals surface area contributed by atoms with Crippen molar-refractivity contribution in [2.45, 2.75) is 38.4 Å². The Morgan fingerprint density at radius 1 is 1.13 bits per heavy atom. The molecule has 30 heavy (non-hydrogen) atoms. The molecule has 0 atom stereocenters. The largest absolute Gasteiger partial charge is 0.355 e. The smallest absolute Gasteiger partial charge is 0.273 e. The van der Waals surface area contributed by atoms with Crippen molar-refractivity contribution in [3.05, 3.63) is 57.2 Å². The van der Waals surface area contributed by atoms with E-state index in [1.165, 1.54) is 28.7 Å². The zero-order chi connectivity index (χ0) is 21.1. The molecule has 0 aliphatic rings. The molecule has 9 heteroatoms. The molecule has 0 saturated heterocycles. The number of nitrogens with one attached hydrogen (secondary N) is 1. The lowest BCUT2D eigenvalue weighted by Crippen LogP contribution is -2.26. The van der Waals surface area contributed by atoms with Crippen LogP contribution in [-0.4, -0.2) is 37.4 Å². The summed E-state index contributed by atoms with van der Waals surface area (Å²) in [6, 6.07) is 10.2. The lowest BCUT2D eigenvalue weighted by atomic mass is 10.1. The number of aromatic nitrogens is 4. The number of nitrogens with zero attached hydrogens (tertiary/aromatic N) is 4. The number of fused-ring (bicyclic) bond motifs is 3. The van der Waals surface area contributed by atoms with Crippen LogP contribution < -0.4 is 10.9 Å². The fourth-order valence-electron chi connectivity index (χ4n) is 3.24. The van der Waals surface area contributed by atoms with Gasteiger partial charge in [-0.1, -0.05) is 49.9 Å². The van der Waals surface area contributed by atoms with Gasteiger partial charge in [-0.15, -0.1) is 21.5 Å². The van der Waals surface area contributed by atoms with Crippen LogP contribution in [0.5, 0.6) is 0 Å². The summed E-state index contributed by atoms with van der Waals surface area (Å²) in [5, 5.41) is 14.0. The molecule has 0 radical (unpaired) electrons. The Labute approximate surface area is 182 Å². The van der Waals surface area contributed by atoms with Gasteiger partial charge in [-0.3, -0.25) is 18.6 Å². The molecule has 1 amide bonds. The van der Waals surface area contributed by atoms with Crippen LogP contribution in [0.4, 0.5) is 0 Å². The first-order valence-corrected chi connectivity index (χ1v) is 11.8. The number of carbonyl (C=O) groups excluding carboxylic acids is 1. The number of benzene rings is 1. The number of aryl methyl sites for hydroxylation is 1. The van der Waals surface area contributed by atoms with E-state index in [9.17, 15) is 9.59 Å². The second-order valence-electron chi connectivity index (χ2n) is 6.95. The number of thioether (sulfide) groups is 1. The SMILES string of the molecule is CCCNC(=O)CSc1nnc2n(Cc3ccc(CC)cc3)c(=O)c3sccc3n12. The predicted molar refractivity (Wildman–Crippen MR) is 122 cm³/mol. The summed E-state index contributed by atoms with van der Waals surface area (Å²) in [6.45, 7) is 5.21. The number of hydrogen-bond donors (Lipinski definition) is 1. The standard InChI is InChI=1S/C21H23N5O2S2/c1-3-10-22-17(27)13-30-21-24-23-20-25(12-15-7-5-14(4-2)6-8-15)19(28)18-16(26(20)21)9-11-29-18/h5-9,11H,3-4,10,12-13H2,1-2H3,(H,22,27). The zero-order valence-electron chi connectivity index (χ0n) is 16.9. The van der Waals surface area contributed by atoms with Gasteiger partial charge in [0.1, 0.15) is 4.70 Å².